The third-order valence-corrected chi connectivity index (χ3v) is 6.66. The van der Waals surface area contributed by atoms with Crippen LogP contribution in [0.2, 0.25) is 0 Å². The Labute approximate surface area is 187 Å². The van der Waals surface area contributed by atoms with Crippen LogP contribution in [0.1, 0.15) is 16.7 Å². The maximum atomic E-state index is 12.4. The number of nitrogens with two attached hydrogens (primary N) is 1. The molecule has 0 unspecified atom stereocenters. The number of carbonyl (C=O) groups excluding carboxylic acids is 2. The van der Waals surface area contributed by atoms with Crippen molar-refractivity contribution in [3.8, 4) is 0 Å². The molecule has 0 spiro atoms. The first kappa shape index (κ1) is 22.6. The largest absolute Gasteiger partial charge is 0.468 e. The van der Waals surface area contributed by atoms with E-state index in [1.807, 2.05) is 54.6 Å². The standard InChI is InChI=1S/C25H26N2O3S/c1-30-23(28)17-27-24(29)22(26)18-31-25(19-11-5-2-6-12-19,20-13-7-3-8-14-20)21-15-9-4-10-16-21/h2-16,22H,17-18,26H2,1H3,(H,27,29)/t22-/m0/s1. The van der Waals surface area contributed by atoms with Gasteiger partial charge in [-0.15, -0.1) is 11.8 Å². The molecule has 0 bridgehead atoms. The van der Waals surface area contributed by atoms with Crippen molar-refractivity contribution >= 4 is 23.6 Å². The molecule has 5 nitrogen and oxygen atoms in total. The van der Waals surface area contributed by atoms with Crippen LogP contribution >= 0.6 is 11.8 Å². The van der Waals surface area contributed by atoms with Gasteiger partial charge in [0.25, 0.3) is 0 Å². The molecular weight excluding hydrogens is 408 g/mol. The summed E-state index contributed by atoms with van der Waals surface area (Å²) in [6.45, 7) is -0.200. The number of hydrogen-bond acceptors (Lipinski definition) is 5. The SMILES string of the molecule is COC(=O)CNC(=O)[C@@H](N)CSC(c1ccccc1)(c1ccccc1)c1ccccc1. The van der Waals surface area contributed by atoms with Crippen molar-refractivity contribution in [2.24, 2.45) is 5.73 Å². The third kappa shape index (κ3) is 5.34. The molecule has 6 heteroatoms. The lowest BCUT2D eigenvalue weighted by Crippen LogP contribution is -2.45. The van der Waals surface area contributed by atoms with Crippen molar-refractivity contribution in [2.75, 3.05) is 19.4 Å². The van der Waals surface area contributed by atoms with E-state index >= 15 is 0 Å². The van der Waals surface area contributed by atoms with E-state index in [2.05, 4.69) is 46.5 Å². The Kier molecular flexibility index (Phi) is 7.87. The van der Waals surface area contributed by atoms with E-state index in [1.165, 1.54) is 7.11 Å². The average Bonchev–Trinajstić information content (AvgIpc) is 2.84. The number of hydrogen-bond donors (Lipinski definition) is 2. The Bertz CT molecular complexity index is 885. The molecule has 0 fully saturated rings. The molecule has 3 N–H and O–H groups in total. The van der Waals surface area contributed by atoms with Crippen molar-refractivity contribution in [1.29, 1.82) is 0 Å². The zero-order valence-electron chi connectivity index (χ0n) is 17.4. The molecular formula is C25H26N2O3S. The lowest BCUT2D eigenvalue weighted by Gasteiger charge is -2.36. The molecule has 0 aliphatic rings. The summed E-state index contributed by atoms with van der Waals surface area (Å²) in [5, 5.41) is 2.54. The van der Waals surface area contributed by atoms with Gasteiger partial charge in [0.2, 0.25) is 5.91 Å². The first-order valence-electron chi connectivity index (χ1n) is 9.98. The van der Waals surface area contributed by atoms with E-state index in [1.54, 1.807) is 11.8 Å². The van der Waals surface area contributed by atoms with E-state index < -0.39 is 16.8 Å². The fraction of sp³-hybridized carbons (Fsp3) is 0.200. The smallest absolute Gasteiger partial charge is 0.325 e. The number of amides is 1. The van der Waals surface area contributed by atoms with E-state index in [0.29, 0.717) is 5.75 Å². The molecule has 31 heavy (non-hydrogen) atoms. The Morgan fingerprint density at radius 2 is 1.29 bits per heavy atom. The van der Waals surface area contributed by atoms with Gasteiger partial charge in [-0.3, -0.25) is 9.59 Å². The van der Waals surface area contributed by atoms with Gasteiger partial charge < -0.3 is 15.8 Å². The van der Waals surface area contributed by atoms with Crippen LogP contribution < -0.4 is 11.1 Å². The second kappa shape index (κ2) is 10.8. The summed E-state index contributed by atoms with van der Waals surface area (Å²) >= 11 is 1.60. The van der Waals surface area contributed by atoms with Crippen molar-refractivity contribution in [1.82, 2.24) is 5.32 Å². The Morgan fingerprint density at radius 1 is 0.871 bits per heavy atom. The first-order chi connectivity index (χ1) is 15.1. The van der Waals surface area contributed by atoms with Crippen LogP contribution in [-0.4, -0.2) is 37.3 Å². The third-order valence-electron chi connectivity index (χ3n) is 4.99. The number of carbonyl (C=O) groups is 2. The molecule has 0 aliphatic heterocycles. The van der Waals surface area contributed by atoms with E-state index in [9.17, 15) is 9.59 Å². The molecule has 0 aliphatic carbocycles. The Balaban J connectivity index is 1.97. The summed E-state index contributed by atoms with van der Waals surface area (Å²) in [5.41, 5.74) is 9.49. The normalized spacial score (nSPS) is 12.1. The number of nitrogens with one attached hydrogen (secondary N) is 1. The molecule has 0 saturated heterocycles. The molecule has 0 aromatic heterocycles. The summed E-state index contributed by atoms with van der Waals surface area (Å²) in [4.78, 5) is 23.8. The topological polar surface area (TPSA) is 81.4 Å². The summed E-state index contributed by atoms with van der Waals surface area (Å²) in [5.74, 6) is -0.549. The monoisotopic (exact) mass is 434 g/mol. The predicted octanol–water partition coefficient (Wildman–Crippen LogP) is 3.33. The van der Waals surface area contributed by atoms with Gasteiger partial charge in [0.1, 0.15) is 6.54 Å². The fourth-order valence-electron chi connectivity index (χ4n) is 3.42. The highest BCUT2D eigenvalue weighted by molar-refractivity contribution is 8.00. The zero-order chi connectivity index (χ0) is 22.1. The minimum atomic E-state index is -0.787. The molecule has 0 heterocycles. The summed E-state index contributed by atoms with van der Waals surface area (Å²) in [7, 11) is 1.28. The molecule has 160 valence electrons. The van der Waals surface area contributed by atoms with Crippen LogP contribution in [0.5, 0.6) is 0 Å². The maximum absolute atomic E-state index is 12.4. The van der Waals surface area contributed by atoms with Crippen molar-refractivity contribution < 1.29 is 14.3 Å². The predicted molar refractivity (Wildman–Crippen MR) is 125 cm³/mol. The minimum Gasteiger partial charge on any atom is -0.468 e. The van der Waals surface area contributed by atoms with Gasteiger partial charge in [0.05, 0.1) is 17.9 Å². The first-order valence-corrected chi connectivity index (χ1v) is 11.0. The lowest BCUT2D eigenvalue weighted by molar-refractivity contribution is -0.141. The van der Waals surface area contributed by atoms with Crippen molar-refractivity contribution in [3.63, 3.8) is 0 Å². The van der Waals surface area contributed by atoms with Gasteiger partial charge in [-0.1, -0.05) is 91.0 Å². The second-order valence-corrected chi connectivity index (χ2v) is 8.23. The summed E-state index contributed by atoms with van der Waals surface area (Å²) < 4.78 is 4.02. The highest BCUT2D eigenvalue weighted by Crippen LogP contribution is 2.48. The molecule has 0 radical (unpaired) electrons. The van der Waals surface area contributed by atoms with Crippen LogP contribution in [0.4, 0.5) is 0 Å². The molecule has 1 amide bonds. The van der Waals surface area contributed by atoms with Crippen LogP contribution in [0.15, 0.2) is 91.0 Å². The number of benzene rings is 3. The fourth-order valence-corrected chi connectivity index (χ4v) is 4.91. The van der Waals surface area contributed by atoms with Gasteiger partial charge in [-0.25, -0.2) is 0 Å². The van der Waals surface area contributed by atoms with Crippen LogP contribution in [0.25, 0.3) is 0 Å². The van der Waals surface area contributed by atoms with Crippen molar-refractivity contribution in [2.45, 2.75) is 10.8 Å². The maximum Gasteiger partial charge on any atom is 0.325 e. The number of rotatable bonds is 9. The molecule has 3 rings (SSSR count). The van der Waals surface area contributed by atoms with Gasteiger partial charge in [0, 0.05) is 5.75 Å². The zero-order valence-corrected chi connectivity index (χ0v) is 18.2. The lowest BCUT2D eigenvalue weighted by atomic mass is 9.84. The van der Waals surface area contributed by atoms with E-state index in [4.69, 9.17) is 5.73 Å². The summed E-state index contributed by atoms with van der Waals surface area (Å²) in [6.07, 6.45) is 0. The van der Waals surface area contributed by atoms with Gasteiger partial charge >= 0.3 is 5.97 Å². The molecule has 3 aromatic carbocycles. The van der Waals surface area contributed by atoms with Gasteiger partial charge in [0.15, 0.2) is 0 Å². The van der Waals surface area contributed by atoms with Gasteiger partial charge in [-0.05, 0) is 16.7 Å². The van der Waals surface area contributed by atoms with Crippen molar-refractivity contribution in [3.05, 3.63) is 108 Å². The molecule has 0 saturated carbocycles. The van der Waals surface area contributed by atoms with E-state index in [0.717, 1.165) is 16.7 Å². The average molecular weight is 435 g/mol. The van der Waals surface area contributed by atoms with E-state index in [-0.39, 0.29) is 12.5 Å². The van der Waals surface area contributed by atoms with Crippen LogP contribution in [-0.2, 0) is 19.1 Å². The highest BCUT2D eigenvalue weighted by atomic mass is 32.2. The number of methoxy groups -OCH3 is 1. The van der Waals surface area contributed by atoms with Crippen LogP contribution in [0.3, 0.4) is 0 Å². The Morgan fingerprint density at radius 3 is 1.68 bits per heavy atom. The minimum absolute atomic E-state index is 0.200. The summed E-state index contributed by atoms with van der Waals surface area (Å²) in [6, 6.07) is 29.8. The quantitative estimate of drug-likeness (QED) is 0.399. The second-order valence-electron chi connectivity index (χ2n) is 6.99. The molecule has 3 aromatic rings. The van der Waals surface area contributed by atoms with Gasteiger partial charge in [-0.2, -0.15) is 0 Å². The van der Waals surface area contributed by atoms with Crippen LogP contribution in [0, 0.1) is 0 Å². The number of thioether (sulfide) groups is 1. The number of ether oxygens (including phenoxy) is 1. The number of esters is 1. The molecule has 1 atom stereocenters. The Hall–Kier alpha value is -3.09. The highest BCUT2D eigenvalue weighted by Gasteiger charge is 2.37.